The molecule has 0 unspecified atom stereocenters. The fraction of sp³-hybridized carbons (Fsp3) is 0.545. The maximum Gasteiger partial charge on any atom is 0.318 e. The van der Waals surface area contributed by atoms with Gasteiger partial charge >= 0.3 is 5.97 Å². The fourth-order valence-corrected chi connectivity index (χ4v) is 5.66. The summed E-state index contributed by atoms with van der Waals surface area (Å²) in [5, 5.41) is 8.89. The molecule has 0 saturated heterocycles. The normalized spacial score (nSPS) is 15.9. The summed E-state index contributed by atoms with van der Waals surface area (Å²) < 4.78 is 26.8. The van der Waals surface area contributed by atoms with Gasteiger partial charge in [-0.2, -0.15) is 4.31 Å². The fourth-order valence-electron chi connectivity index (χ4n) is 1.81. The molecule has 0 radical (unpaired) electrons. The summed E-state index contributed by atoms with van der Waals surface area (Å²) in [6.45, 7) is 1.53. The third kappa shape index (κ3) is 3.56. The van der Waals surface area contributed by atoms with Crippen LogP contribution in [0.15, 0.2) is 14.7 Å². The third-order valence-electron chi connectivity index (χ3n) is 2.93. The van der Waals surface area contributed by atoms with Crippen molar-refractivity contribution in [2.24, 2.45) is 5.92 Å². The highest BCUT2D eigenvalue weighted by molar-refractivity contribution is 9.11. The first kappa shape index (κ1) is 15.0. The number of sulfonamides is 1. The first-order valence-corrected chi connectivity index (χ1v) is 8.83. The molecule has 1 aromatic rings. The van der Waals surface area contributed by atoms with Crippen LogP contribution in [0.3, 0.4) is 0 Å². The molecule has 19 heavy (non-hydrogen) atoms. The summed E-state index contributed by atoms with van der Waals surface area (Å²) in [6.07, 6.45) is 1.94. The molecule has 0 aromatic carbocycles. The van der Waals surface area contributed by atoms with Gasteiger partial charge in [0, 0.05) is 11.4 Å². The second-order valence-corrected chi connectivity index (χ2v) is 9.15. The summed E-state index contributed by atoms with van der Waals surface area (Å²) in [5.41, 5.74) is 0. The van der Waals surface area contributed by atoms with E-state index in [0.29, 0.717) is 17.3 Å². The SMILES string of the molecule is Cc1sc(Br)cc1S(=O)(=O)N(CC(=O)O)CC1CC1. The van der Waals surface area contributed by atoms with Gasteiger partial charge in [-0.1, -0.05) is 0 Å². The van der Waals surface area contributed by atoms with Gasteiger partial charge in [-0.3, -0.25) is 4.79 Å². The van der Waals surface area contributed by atoms with Crippen molar-refractivity contribution in [3.8, 4) is 0 Å². The van der Waals surface area contributed by atoms with Gasteiger partial charge in [0.25, 0.3) is 0 Å². The predicted octanol–water partition coefficient (Wildman–Crippen LogP) is 2.30. The zero-order chi connectivity index (χ0) is 14.2. The minimum Gasteiger partial charge on any atom is -0.480 e. The Morgan fingerprint density at radius 2 is 2.21 bits per heavy atom. The average Bonchev–Trinajstić information content (AvgIpc) is 3.01. The van der Waals surface area contributed by atoms with Crippen LogP contribution in [0.5, 0.6) is 0 Å². The van der Waals surface area contributed by atoms with Crippen LogP contribution in [-0.4, -0.2) is 36.9 Å². The zero-order valence-corrected chi connectivity index (χ0v) is 13.5. The van der Waals surface area contributed by atoms with Crippen molar-refractivity contribution in [3.63, 3.8) is 0 Å². The molecule has 1 fully saturated rings. The lowest BCUT2D eigenvalue weighted by molar-refractivity contribution is -0.137. The molecule has 0 bridgehead atoms. The Balaban J connectivity index is 2.32. The molecule has 0 atom stereocenters. The first-order chi connectivity index (χ1) is 8.80. The van der Waals surface area contributed by atoms with Crippen LogP contribution in [-0.2, 0) is 14.8 Å². The quantitative estimate of drug-likeness (QED) is 0.836. The largest absolute Gasteiger partial charge is 0.480 e. The second kappa shape index (κ2) is 5.51. The zero-order valence-electron chi connectivity index (χ0n) is 10.3. The van der Waals surface area contributed by atoms with Gasteiger partial charge in [0.1, 0.15) is 6.54 Å². The smallest absolute Gasteiger partial charge is 0.318 e. The van der Waals surface area contributed by atoms with Crippen molar-refractivity contribution < 1.29 is 18.3 Å². The Morgan fingerprint density at radius 3 is 2.63 bits per heavy atom. The summed E-state index contributed by atoms with van der Waals surface area (Å²) in [7, 11) is -3.73. The van der Waals surface area contributed by atoms with E-state index in [0.717, 1.165) is 20.9 Å². The summed E-state index contributed by atoms with van der Waals surface area (Å²) in [5.74, 6) is -0.826. The van der Waals surface area contributed by atoms with E-state index in [4.69, 9.17) is 5.11 Å². The molecular weight excluding hydrogens is 354 g/mol. The number of carbonyl (C=O) groups is 1. The van der Waals surface area contributed by atoms with Crippen molar-refractivity contribution in [1.29, 1.82) is 0 Å². The van der Waals surface area contributed by atoms with E-state index in [1.165, 1.54) is 17.4 Å². The Hall–Kier alpha value is -0.440. The third-order valence-corrected chi connectivity index (χ3v) is 6.55. The minimum absolute atomic E-state index is 0.200. The van der Waals surface area contributed by atoms with Crippen LogP contribution in [0, 0.1) is 12.8 Å². The molecule has 2 rings (SSSR count). The van der Waals surface area contributed by atoms with Crippen molar-refractivity contribution in [2.45, 2.75) is 24.7 Å². The highest BCUT2D eigenvalue weighted by Crippen LogP contribution is 2.35. The number of hydrogen-bond donors (Lipinski definition) is 1. The number of aliphatic carboxylic acids is 1. The highest BCUT2D eigenvalue weighted by atomic mass is 79.9. The van der Waals surface area contributed by atoms with E-state index in [2.05, 4.69) is 15.9 Å². The van der Waals surface area contributed by atoms with E-state index >= 15 is 0 Å². The average molecular weight is 368 g/mol. The van der Waals surface area contributed by atoms with Crippen molar-refractivity contribution in [2.75, 3.05) is 13.1 Å². The maximum absolute atomic E-state index is 12.5. The maximum atomic E-state index is 12.5. The lowest BCUT2D eigenvalue weighted by Gasteiger charge is -2.19. The number of nitrogens with zero attached hydrogens (tertiary/aromatic N) is 1. The van der Waals surface area contributed by atoms with Crippen LogP contribution < -0.4 is 0 Å². The number of halogens is 1. The Bertz CT molecular complexity index is 592. The molecule has 1 saturated carbocycles. The lowest BCUT2D eigenvalue weighted by atomic mass is 10.4. The van der Waals surface area contributed by atoms with Gasteiger partial charge < -0.3 is 5.11 Å². The highest BCUT2D eigenvalue weighted by Gasteiger charge is 2.34. The number of hydrogen-bond acceptors (Lipinski definition) is 4. The van der Waals surface area contributed by atoms with E-state index in [1.807, 2.05) is 0 Å². The van der Waals surface area contributed by atoms with Crippen LogP contribution in [0.25, 0.3) is 0 Å². The number of rotatable bonds is 6. The van der Waals surface area contributed by atoms with Gasteiger partial charge in [0.15, 0.2) is 0 Å². The van der Waals surface area contributed by atoms with Crippen molar-refractivity contribution in [3.05, 3.63) is 14.7 Å². The molecular formula is C11H14BrNO4S2. The van der Waals surface area contributed by atoms with E-state index in [1.54, 1.807) is 6.92 Å². The van der Waals surface area contributed by atoms with E-state index in [-0.39, 0.29) is 4.90 Å². The minimum atomic E-state index is -3.73. The monoisotopic (exact) mass is 367 g/mol. The number of thiophene rings is 1. The summed E-state index contributed by atoms with van der Waals surface area (Å²) in [4.78, 5) is 11.7. The molecule has 0 spiro atoms. The Labute approximate surface area is 124 Å². The molecule has 0 amide bonds. The predicted molar refractivity (Wildman–Crippen MR) is 75.9 cm³/mol. The first-order valence-electron chi connectivity index (χ1n) is 5.78. The summed E-state index contributed by atoms with van der Waals surface area (Å²) >= 11 is 4.59. The van der Waals surface area contributed by atoms with Crippen LogP contribution in [0.2, 0.25) is 0 Å². The van der Waals surface area contributed by atoms with E-state index < -0.39 is 22.5 Å². The van der Waals surface area contributed by atoms with Gasteiger partial charge in [-0.05, 0) is 47.7 Å². The molecule has 1 heterocycles. The van der Waals surface area contributed by atoms with Gasteiger partial charge in [0.2, 0.25) is 10.0 Å². The Kier molecular flexibility index (Phi) is 4.34. The molecule has 5 nitrogen and oxygen atoms in total. The summed E-state index contributed by atoms with van der Waals surface area (Å²) in [6, 6.07) is 1.54. The molecule has 106 valence electrons. The van der Waals surface area contributed by atoms with Gasteiger partial charge in [0.05, 0.1) is 8.68 Å². The van der Waals surface area contributed by atoms with Crippen molar-refractivity contribution in [1.82, 2.24) is 4.31 Å². The molecule has 0 aliphatic heterocycles. The van der Waals surface area contributed by atoms with Crippen LogP contribution in [0.4, 0.5) is 0 Å². The molecule has 8 heteroatoms. The molecule has 1 N–H and O–H groups in total. The second-order valence-electron chi connectivity index (χ2n) is 4.61. The topological polar surface area (TPSA) is 74.7 Å². The van der Waals surface area contributed by atoms with Crippen LogP contribution in [0.1, 0.15) is 17.7 Å². The number of carboxylic acids is 1. The molecule has 1 aliphatic rings. The molecule has 1 aromatic heterocycles. The molecule has 1 aliphatic carbocycles. The number of aryl methyl sites for hydroxylation is 1. The van der Waals surface area contributed by atoms with Gasteiger partial charge in [-0.25, -0.2) is 8.42 Å². The number of carboxylic acid groups (broad SMARTS) is 1. The van der Waals surface area contributed by atoms with Crippen molar-refractivity contribution >= 4 is 43.3 Å². The Morgan fingerprint density at radius 1 is 1.58 bits per heavy atom. The van der Waals surface area contributed by atoms with Gasteiger partial charge in [-0.15, -0.1) is 11.3 Å². The lowest BCUT2D eigenvalue weighted by Crippen LogP contribution is -2.37. The standard InChI is InChI=1S/C11H14BrNO4S2/c1-7-9(4-10(12)18-7)19(16,17)13(6-11(14)15)5-8-2-3-8/h4,8H,2-3,5-6H2,1H3,(H,14,15). The van der Waals surface area contributed by atoms with E-state index in [9.17, 15) is 13.2 Å². The van der Waals surface area contributed by atoms with Crippen LogP contribution >= 0.6 is 27.3 Å².